The summed E-state index contributed by atoms with van der Waals surface area (Å²) in [5, 5.41) is 5.97. The third-order valence-corrected chi connectivity index (χ3v) is 4.66. The standard InChI is InChI=1S/C17H26N4O/c22-17(18-8-4-7-15-5-2-1-3-6-15)19-13-16-14-20-9-11-21(16)12-10-20/h1-3,5-6,16H,4,7-14H2,(H2,18,19,22). The second-order valence-electron chi connectivity index (χ2n) is 6.22. The maximum absolute atomic E-state index is 11.8. The predicted octanol–water partition coefficient (Wildman–Crippen LogP) is 0.918. The molecule has 2 N–H and O–H groups in total. The number of hydrogen-bond donors (Lipinski definition) is 2. The van der Waals surface area contributed by atoms with E-state index in [2.05, 4.69) is 44.7 Å². The van der Waals surface area contributed by atoms with E-state index in [4.69, 9.17) is 0 Å². The van der Waals surface area contributed by atoms with Gasteiger partial charge in [0.1, 0.15) is 0 Å². The molecule has 3 aliphatic heterocycles. The third kappa shape index (κ3) is 4.21. The van der Waals surface area contributed by atoms with Gasteiger partial charge < -0.3 is 10.6 Å². The summed E-state index contributed by atoms with van der Waals surface area (Å²) >= 11 is 0. The molecule has 3 heterocycles. The lowest BCUT2D eigenvalue weighted by atomic mass is 10.1. The number of nitrogens with one attached hydrogen (secondary N) is 2. The van der Waals surface area contributed by atoms with Gasteiger partial charge in [-0.1, -0.05) is 30.3 Å². The Labute approximate surface area is 132 Å². The molecular weight excluding hydrogens is 276 g/mol. The molecule has 1 aromatic rings. The van der Waals surface area contributed by atoms with Gasteiger partial charge in [-0.25, -0.2) is 4.79 Å². The van der Waals surface area contributed by atoms with Crippen LogP contribution in [0.4, 0.5) is 4.79 Å². The number of piperazine rings is 3. The molecule has 1 atom stereocenters. The number of aryl methyl sites for hydroxylation is 1. The maximum Gasteiger partial charge on any atom is 0.314 e. The molecule has 22 heavy (non-hydrogen) atoms. The van der Waals surface area contributed by atoms with E-state index in [-0.39, 0.29) is 6.03 Å². The van der Waals surface area contributed by atoms with Crippen LogP contribution in [-0.2, 0) is 6.42 Å². The maximum atomic E-state index is 11.8. The number of amides is 2. The summed E-state index contributed by atoms with van der Waals surface area (Å²) in [6, 6.07) is 10.8. The summed E-state index contributed by atoms with van der Waals surface area (Å²) in [6.07, 6.45) is 1.98. The van der Waals surface area contributed by atoms with Crippen molar-refractivity contribution in [2.75, 3.05) is 45.8 Å². The van der Waals surface area contributed by atoms with Crippen LogP contribution in [-0.4, -0.2) is 67.7 Å². The van der Waals surface area contributed by atoms with Gasteiger partial charge in [0.05, 0.1) is 0 Å². The Balaban J connectivity index is 1.28. The molecule has 0 aromatic heterocycles. The quantitative estimate of drug-likeness (QED) is 0.768. The van der Waals surface area contributed by atoms with Gasteiger partial charge in [-0.3, -0.25) is 9.80 Å². The zero-order valence-corrected chi connectivity index (χ0v) is 13.1. The number of rotatable bonds is 6. The van der Waals surface area contributed by atoms with Crippen LogP contribution in [0.5, 0.6) is 0 Å². The molecule has 2 bridgehead atoms. The molecule has 4 rings (SSSR count). The zero-order chi connectivity index (χ0) is 15.2. The summed E-state index contributed by atoms with van der Waals surface area (Å²) < 4.78 is 0. The van der Waals surface area contributed by atoms with Crippen molar-refractivity contribution in [3.63, 3.8) is 0 Å². The lowest BCUT2D eigenvalue weighted by Crippen LogP contribution is -2.63. The second kappa shape index (κ2) is 7.61. The summed E-state index contributed by atoms with van der Waals surface area (Å²) in [5.41, 5.74) is 1.32. The molecule has 3 fully saturated rings. The summed E-state index contributed by atoms with van der Waals surface area (Å²) in [5.74, 6) is 0. The Hall–Kier alpha value is -1.59. The average molecular weight is 302 g/mol. The van der Waals surface area contributed by atoms with E-state index in [1.807, 2.05) is 6.07 Å². The first-order valence-corrected chi connectivity index (χ1v) is 8.33. The monoisotopic (exact) mass is 302 g/mol. The van der Waals surface area contributed by atoms with Crippen LogP contribution in [0.15, 0.2) is 30.3 Å². The molecule has 0 saturated carbocycles. The fourth-order valence-electron chi connectivity index (χ4n) is 3.33. The number of carbonyl (C=O) groups excluding carboxylic acids is 1. The van der Waals surface area contributed by atoms with Crippen molar-refractivity contribution in [2.24, 2.45) is 0 Å². The van der Waals surface area contributed by atoms with Gasteiger partial charge in [0.2, 0.25) is 0 Å². The number of fused-ring (bicyclic) bond motifs is 3. The molecule has 0 spiro atoms. The van der Waals surface area contributed by atoms with Crippen LogP contribution >= 0.6 is 0 Å². The molecular formula is C17H26N4O. The van der Waals surface area contributed by atoms with Gasteiger partial charge in [0, 0.05) is 51.9 Å². The van der Waals surface area contributed by atoms with Gasteiger partial charge in [-0.05, 0) is 18.4 Å². The molecule has 0 radical (unpaired) electrons. The van der Waals surface area contributed by atoms with E-state index in [1.54, 1.807) is 0 Å². The van der Waals surface area contributed by atoms with Crippen molar-refractivity contribution in [1.82, 2.24) is 20.4 Å². The van der Waals surface area contributed by atoms with Crippen LogP contribution in [0.1, 0.15) is 12.0 Å². The Morgan fingerprint density at radius 3 is 2.55 bits per heavy atom. The van der Waals surface area contributed by atoms with Crippen molar-refractivity contribution in [2.45, 2.75) is 18.9 Å². The topological polar surface area (TPSA) is 47.6 Å². The fourth-order valence-corrected chi connectivity index (χ4v) is 3.33. The Bertz CT molecular complexity index is 471. The summed E-state index contributed by atoms with van der Waals surface area (Å²) in [4.78, 5) is 16.8. The lowest BCUT2D eigenvalue weighted by molar-refractivity contribution is 0.0148. The van der Waals surface area contributed by atoms with E-state index < -0.39 is 0 Å². The van der Waals surface area contributed by atoms with Crippen LogP contribution < -0.4 is 10.6 Å². The number of carbonyl (C=O) groups is 1. The van der Waals surface area contributed by atoms with Gasteiger partial charge in [-0.15, -0.1) is 0 Å². The summed E-state index contributed by atoms with van der Waals surface area (Å²) in [7, 11) is 0. The molecule has 3 saturated heterocycles. The lowest BCUT2D eigenvalue weighted by Gasteiger charge is -2.47. The number of hydrogen-bond acceptors (Lipinski definition) is 3. The molecule has 0 aliphatic carbocycles. The minimum Gasteiger partial charge on any atom is -0.338 e. The van der Waals surface area contributed by atoms with Gasteiger partial charge in [-0.2, -0.15) is 0 Å². The number of nitrogens with zero attached hydrogens (tertiary/aromatic N) is 2. The smallest absolute Gasteiger partial charge is 0.314 e. The van der Waals surface area contributed by atoms with Crippen molar-refractivity contribution in [1.29, 1.82) is 0 Å². The van der Waals surface area contributed by atoms with Crippen molar-refractivity contribution in [3.05, 3.63) is 35.9 Å². The first-order valence-electron chi connectivity index (χ1n) is 8.33. The summed E-state index contributed by atoms with van der Waals surface area (Å²) in [6.45, 7) is 7.22. The van der Waals surface area contributed by atoms with Crippen molar-refractivity contribution < 1.29 is 4.79 Å². The van der Waals surface area contributed by atoms with Gasteiger partial charge in [0.15, 0.2) is 0 Å². The first kappa shape index (κ1) is 15.3. The van der Waals surface area contributed by atoms with E-state index >= 15 is 0 Å². The van der Waals surface area contributed by atoms with Gasteiger partial charge in [0.25, 0.3) is 0 Å². The first-order chi connectivity index (χ1) is 10.8. The largest absolute Gasteiger partial charge is 0.338 e. The molecule has 3 aliphatic rings. The average Bonchev–Trinajstić information content (AvgIpc) is 2.59. The van der Waals surface area contributed by atoms with Gasteiger partial charge >= 0.3 is 6.03 Å². The van der Waals surface area contributed by atoms with Crippen LogP contribution in [0.3, 0.4) is 0 Å². The minimum atomic E-state index is -0.0364. The Morgan fingerprint density at radius 2 is 1.86 bits per heavy atom. The van der Waals surface area contributed by atoms with Crippen molar-refractivity contribution >= 4 is 6.03 Å². The minimum absolute atomic E-state index is 0.0364. The molecule has 1 unspecified atom stereocenters. The van der Waals surface area contributed by atoms with Crippen LogP contribution in [0.25, 0.3) is 0 Å². The highest BCUT2D eigenvalue weighted by atomic mass is 16.2. The molecule has 5 heteroatoms. The normalized spacial score (nSPS) is 26.6. The SMILES string of the molecule is O=C(NCCCc1ccccc1)NCC1CN2CCN1CC2. The Kier molecular flexibility index (Phi) is 5.29. The molecule has 120 valence electrons. The van der Waals surface area contributed by atoms with E-state index in [9.17, 15) is 4.79 Å². The molecule has 2 amide bonds. The van der Waals surface area contributed by atoms with Crippen LogP contribution in [0.2, 0.25) is 0 Å². The highest BCUT2D eigenvalue weighted by Gasteiger charge is 2.31. The van der Waals surface area contributed by atoms with Crippen molar-refractivity contribution in [3.8, 4) is 0 Å². The molecule has 5 nitrogen and oxygen atoms in total. The zero-order valence-electron chi connectivity index (χ0n) is 13.1. The van der Waals surface area contributed by atoms with E-state index in [1.165, 1.54) is 18.7 Å². The second-order valence-corrected chi connectivity index (χ2v) is 6.22. The molecule has 1 aromatic carbocycles. The fraction of sp³-hybridized carbons (Fsp3) is 0.588. The highest BCUT2D eigenvalue weighted by molar-refractivity contribution is 5.73. The van der Waals surface area contributed by atoms with E-state index in [0.29, 0.717) is 6.04 Å². The number of benzene rings is 1. The number of urea groups is 1. The Morgan fingerprint density at radius 1 is 1.09 bits per heavy atom. The predicted molar refractivity (Wildman–Crippen MR) is 88.0 cm³/mol. The third-order valence-electron chi connectivity index (χ3n) is 4.66. The van der Waals surface area contributed by atoms with E-state index in [0.717, 1.165) is 45.6 Å². The highest BCUT2D eigenvalue weighted by Crippen LogP contribution is 2.14. The van der Waals surface area contributed by atoms with Crippen LogP contribution in [0, 0.1) is 0 Å².